The molecule has 1 heterocycles. The molecule has 1 saturated heterocycles. The van der Waals surface area contributed by atoms with Gasteiger partial charge in [-0.25, -0.2) is 13.1 Å². The second-order valence-corrected chi connectivity index (χ2v) is 8.80. The molecule has 0 aromatic heterocycles. The maximum absolute atomic E-state index is 12.4. The fourth-order valence-electron chi connectivity index (χ4n) is 3.12. The van der Waals surface area contributed by atoms with E-state index in [9.17, 15) is 13.2 Å². The van der Waals surface area contributed by atoms with E-state index in [0.717, 1.165) is 18.4 Å². The number of benzene rings is 2. The molecule has 0 bridgehead atoms. The fraction of sp³-hybridized carbons (Fsp3) is 0.381. The zero-order valence-corrected chi connectivity index (χ0v) is 16.7. The number of hydrogen-bond acceptors (Lipinski definition) is 4. The van der Waals surface area contributed by atoms with Crippen LogP contribution in [-0.2, 0) is 14.8 Å². The van der Waals surface area contributed by atoms with Gasteiger partial charge in [0.05, 0.1) is 11.0 Å². The Morgan fingerprint density at radius 1 is 1.14 bits per heavy atom. The predicted molar refractivity (Wildman–Crippen MR) is 108 cm³/mol. The van der Waals surface area contributed by atoms with Crippen molar-refractivity contribution in [3.05, 3.63) is 65.7 Å². The summed E-state index contributed by atoms with van der Waals surface area (Å²) in [6.07, 6.45) is 1.76. The Morgan fingerprint density at radius 3 is 2.50 bits per heavy atom. The number of hydrogen-bond donors (Lipinski definition) is 2. The first kappa shape index (κ1) is 20.5. The molecule has 2 aromatic rings. The third kappa shape index (κ3) is 5.41. The lowest BCUT2D eigenvalue weighted by molar-refractivity contribution is 0.0951. The van der Waals surface area contributed by atoms with E-state index in [1.54, 1.807) is 0 Å². The van der Waals surface area contributed by atoms with Crippen LogP contribution in [0.15, 0.2) is 59.5 Å². The molecule has 1 aliphatic heterocycles. The monoisotopic (exact) mass is 402 g/mol. The summed E-state index contributed by atoms with van der Waals surface area (Å²) in [5, 5.41) is 2.90. The number of carbonyl (C=O) groups excluding carboxylic acids is 1. The van der Waals surface area contributed by atoms with Gasteiger partial charge in [-0.05, 0) is 48.6 Å². The SMILES string of the molecule is CC(CNC(=O)c1ccc(S(=O)(=O)NCC2CCCO2)cc1)c1ccccc1. The Balaban J connectivity index is 1.54. The molecule has 1 aliphatic rings. The van der Waals surface area contributed by atoms with Crippen LogP contribution in [0.25, 0.3) is 0 Å². The average Bonchev–Trinajstić information content (AvgIpc) is 3.25. The minimum absolute atomic E-state index is 0.0635. The van der Waals surface area contributed by atoms with E-state index >= 15 is 0 Å². The number of ether oxygens (including phenoxy) is 1. The quantitative estimate of drug-likeness (QED) is 0.711. The number of carbonyl (C=O) groups is 1. The van der Waals surface area contributed by atoms with Gasteiger partial charge in [-0.1, -0.05) is 37.3 Å². The van der Waals surface area contributed by atoms with Gasteiger partial charge >= 0.3 is 0 Å². The van der Waals surface area contributed by atoms with Crippen LogP contribution in [0.5, 0.6) is 0 Å². The lowest BCUT2D eigenvalue weighted by Crippen LogP contribution is -2.32. The minimum atomic E-state index is -3.61. The van der Waals surface area contributed by atoms with Crippen LogP contribution in [0.1, 0.15) is 41.6 Å². The molecule has 2 atom stereocenters. The first-order valence-corrected chi connectivity index (χ1v) is 11.0. The zero-order valence-electron chi connectivity index (χ0n) is 15.9. The van der Waals surface area contributed by atoms with Crippen LogP contribution >= 0.6 is 0 Å². The lowest BCUT2D eigenvalue weighted by Gasteiger charge is -2.14. The highest BCUT2D eigenvalue weighted by Gasteiger charge is 2.20. The summed E-state index contributed by atoms with van der Waals surface area (Å²) < 4.78 is 32.8. The second-order valence-electron chi connectivity index (χ2n) is 7.03. The topological polar surface area (TPSA) is 84.5 Å². The van der Waals surface area contributed by atoms with Gasteiger partial charge in [0.1, 0.15) is 0 Å². The van der Waals surface area contributed by atoms with Gasteiger partial charge in [0.2, 0.25) is 10.0 Å². The average molecular weight is 403 g/mol. The van der Waals surface area contributed by atoms with Crippen molar-refractivity contribution in [2.45, 2.75) is 36.7 Å². The van der Waals surface area contributed by atoms with Crippen LogP contribution in [0.4, 0.5) is 0 Å². The molecular formula is C21H26N2O4S. The van der Waals surface area contributed by atoms with Crippen molar-refractivity contribution in [3.63, 3.8) is 0 Å². The molecule has 2 N–H and O–H groups in total. The van der Waals surface area contributed by atoms with E-state index in [4.69, 9.17) is 4.74 Å². The maximum Gasteiger partial charge on any atom is 0.251 e. The minimum Gasteiger partial charge on any atom is -0.377 e. The van der Waals surface area contributed by atoms with E-state index in [1.807, 2.05) is 37.3 Å². The molecule has 2 unspecified atom stereocenters. The summed E-state index contributed by atoms with van der Waals surface area (Å²) in [5.41, 5.74) is 1.58. The predicted octanol–water partition coefficient (Wildman–Crippen LogP) is 2.68. The largest absolute Gasteiger partial charge is 0.377 e. The molecule has 0 radical (unpaired) electrons. The van der Waals surface area contributed by atoms with Gasteiger partial charge in [0.25, 0.3) is 5.91 Å². The van der Waals surface area contributed by atoms with E-state index in [-0.39, 0.29) is 29.4 Å². The molecule has 0 saturated carbocycles. The molecule has 0 spiro atoms. The van der Waals surface area contributed by atoms with Crippen molar-refractivity contribution >= 4 is 15.9 Å². The van der Waals surface area contributed by atoms with Crippen LogP contribution in [0.3, 0.4) is 0 Å². The zero-order chi connectivity index (χ0) is 20.0. The molecule has 0 aliphatic carbocycles. The Kier molecular flexibility index (Phi) is 6.83. The standard InChI is InChI=1S/C21H26N2O4S/c1-16(17-6-3-2-4-7-17)14-22-21(24)18-9-11-20(12-10-18)28(25,26)23-15-19-8-5-13-27-19/h2-4,6-7,9-12,16,19,23H,5,8,13-15H2,1H3,(H,22,24). The van der Waals surface area contributed by atoms with Gasteiger partial charge in [0, 0.05) is 25.3 Å². The molecule has 7 heteroatoms. The molecule has 150 valence electrons. The summed E-state index contributed by atoms with van der Waals surface area (Å²) in [4.78, 5) is 12.5. The number of nitrogens with one attached hydrogen (secondary N) is 2. The summed E-state index contributed by atoms with van der Waals surface area (Å²) in [6.45, 7) is 3.50. The summed E-state index contributed by atoms with van der Waals surface area (Å²) in [6, 6.07) is 15.9. The van der Waals surface area contributed by atoms with Crippen molar-refractivity contribution in [1.82, 2.24) is 10.0 Å². The third-order valence-corrected chi connectivity index (χ3v) is 6.33. The molecule has 28 heavy (non-hydrogen) atoms. The Morgan fingerprint density at radius 2 is 1.86 bits per heavy atom. The van der Waals surface area contributed by atoms with Gasteiger partial charge in [-0.2, -0.15) is 0 Å². The van der Waals surface area contributed by atoms with Gasteiger partial charge < -0.3 is 10.1 Å². The van der Waals surface area contributed by atoms with Gasteiger partial charge in [0.15, 0.2) is 0 Å². The van der Waals surface area contributed by atoms with E-state index in [1.165, 1.54) is 24.3 Å². The molecular weight excluding hydrogens is 376 g/mol. The molecule has 1 fully saturated rings. The Hall–Kier alpha value is -2.22. The van der Waals surface area contributed by atoms with E-state index in [2.05, 4.69) is 10.0 Å². The second kappa shape index (κ2) is 9.32. The molecule has 2 aromatic carbocycles. The van der Waals surface area contributed by atoms with Gasteiger partial charge in [-0.15, -0.1) is 0 Å². The smallest absolute Gasteiger partial charge is 0.251 e. The van der Waals surface area contributed by atoms with Crippen molar-refractivity contribution in [3.8, 4) is 0 Å². The van der Waals surface area contributed by atoms with Crippen LogP contribution < -0.4 is 10.0 Å². The Labute approximate surface area is 166 Å². The number of amides is 1. The molecule has 6 nitrogen and oxygen atoms in total. The van der Waals surface area contributed by atoms with Crippen molar-refractivity contribution in [1.29, 1.82) is 0 Å². The first-order valence-electron chi connectivity index (χ1n) is 9.50. The highest BCUT2D eigenvalue weighted by Crippen LogP contribution is 2.15. The number of rotatable bonds is 8. The highest BCUT2D eigenvalue weighted by molar-refractivity contribution is 7.89. The van der Waals surface area contributed by atoms with Crippen molar-refractivity contribution < 1.29 is 17.9 Å². The number of sulfonamides is 1. The summed E-state index contributed by atoms with van der Waals surface area (Å²) in [7, 11) is -3.61. The van der Waals surface area contributed by atoms with Crippen LogP contribution in [0, 0.1) is 0 Å². The lowest BCUT2D eigenvalue weighted by atomic mass is 10.0. The van der Waals surface area contributed by atoms with Crippen molar-refractivity contribution in [2.75, 3.05) is 19.7 Å². The third-order valence-electron chi connectivity index (χ3n) is 4.89. The maximum atomic E-state index is 12.4. The highest BCUT2D eigenvalue weighted by atomic mass is 32.2. The van der Waals surface area contributed by atoms with E-state index in [0.29, 0.717) is 18.7 Å². The molecule has 3 rings (SSSR count). The Bertz CT molecular complexity index is 876. The van der Waals surface area contributed by atoms with Crippen molar-refractivity contribution in [2.24, 2.45) is 0 Å². The summed E-state index contributed by atoms with van der Waals surface area (Å²) >= 11 is 0. The first-order chi connectivity index (χ1) is 13.5. The summed E-state index contributed by atoms with van der Waals surface area (Å²) in [5.74, 6) is -0.0362. The fourth-order valence-corrected chi connectivity index (χ4v) is 4.19. The van der Waals surface area contributed by atoms with Gasteiger partial charge in [-0.3, -0.25) is 4.79 Å². The van der Waals surface area contributed by atoms with E-state index < -0.39 is 10.0 Å². The normalized spacial score (nSPS) is 18.0. The van der Waals surface area contributed by atoms with Crippen LogP contribution in [0.2, 0.25) is 0 Å². The molecule has 1 amide bonds. The van der Waals surface area contributed by atoms with Crippen LogP contribution in [-0.4, -0.2) is 40.1 Å².